The van der Waals surface area contributed by atoms with Gasteiger partial charge in [-0.05, 0) is 49.6 Å². The number of hydrogen-bond acceptors (Lipinski definition) is 7. The van der Waals surface area contributed by atoms with Gasteiger partial charge in [0.15, 0.2) is 5.16 Å². The Hall–Kier alpha value is -2.85. The molecule has 2 aliphatic heterocycles. The van der Waals surface area contributed by atoms with E-state index >= 15 is 0 Å². The summed E-state index contributed by atoms with van der Waals surface area (Å²) in [6, 6.07) is 19.3. The normalized spacial score (nSPS) is 18.4. The van der Waals surface area contributed by atoms with E-state index < -0.39 is 0 Å². The summed E-state index contributed by atoms with van der Waals surface area (Å²) < 4.78 is 0. The average molecular weight is 614 g/mol. The lowest BCUT2D eigenvalue weighted by Crippen LogP contribution is -2.54. The van der Waals surface area contributed by atoms with Gasteiger partial charge in [-0.2, -0.15) is 0 Å². The van der Waals surface area contributed by atoms with Gasteiger partial charge in [-0.1, -0.05) is 65.3 Å². The van der Waals surface area contributed by atoms with Crippen molar-refractivity contribution in [1.82, 2.24) is 25.1 Å². The topological polar surface area (TPSA) is 81.7 Å². The SMILES string of the molecule is CC1CN(c2cc(Cl)nc(SCC(=O)NC3CCN(Cc4ccccc4)CC3)n2)CCN1C(=O)c1ccc(Cl)cc1. The maximum absolute atomic E-state index is 13.0. The number of nitrogens with one attached hydrogen (secondary N) is 1. The van der Waals surface area contributed by atoms with Crippen LogP contribution < -0.4 is 10.2 Å². The average Bonchev–Trinajstić information content (AvgIpc) is 2.97. The van der Waals surface area contributed by atoms with E-state index in [4.69, 9.17) is 23.2 Å². The van der Waals surface area contributed by atoms with Crippen LogP contribution >= 0.6 is 35.0 Å². The Labute approximate surface area is 255 Å². The number of halogens is 2. The molecule has 8 nitrogen and oxygen atoms in total. The van der Waals surface area contributed by atoms with E-state index in [0.717, 1.165) is 32.5 Å². The molecule has 0 aliphatic carbocycles. The van der Waals surface area contributed by atoms with Gasteiger partial charge in [-0.15, -0.1) is 0 Å². The van der Waals surface area contributed by atoms with Crippen LogP contribution in [0.3, 0.4) is 0 Å². The second-order valence-corrected chi connectivity index (χ2v) is 12.3. The van der Waals surface area contributed by atoms with Crippen LogP contribution in [0, 0.1) is 0 Å². The summed E-state index contributed by atoms with van der Waals surface area (Å²) in [5, 5.41) is 4.57. The second kappa shape index (κ2) is 13.9. The monoisotopic (exact) mass is 612 g/mol. The molecule has 0 spiro atoms. The Kier molecular flexibility index (Phi) is 10.0. The molecule has 2 aliphatic rings. The third-order valence-electron chi connectivity index (χ3n) is 7.50. The Bertz CT molecular complexity index is 1340. The molecule has 11 heteroatoms. The van der Waals surface area contributed by atoms with Gasteiger partial charge in [0.2, 0.25) is 5.91 Å². The van der Waals surface area contributed by atoms with E-state index in [1.54, 1.807) is 30.3 Å². The second-order valence-electron chi connectivity index (χ2n) is 10.5. The largest absolute Gasteiger partial charge is 0.353 e. The Morgan fingerprint density at radius 3 is 2.41 bits per heavy atom. The van der Waals surface area contributed by atoms with Crippen LogP contribution in [0.25, 0.3) is 0 Å². The Morgan fingerprint density at radius 2 is 1.71 bits per heavy atom. The number of rotatable bonds is 8. The molecule has 1 aromatic heterocycles. The number of likely N-dealkylation sites (tertiary alicyclic amines) is 1. The molecule has 0 bridgehead atoms. The van der Waals surface area contributed by atoms with Gasteiger partial charge in [0, 0.05) is 68.0 Å². The van der Waals surface area contributed by atoms with Crippen LogP contribution in [0.1, 0.15) is 35.7 Å². The fourth-order valence-electron chi connectivity index (χ4n) is 5.31. The summed E-state index contributed by atoms with van der Waals surface area (Å²) >= 11 is 13.6. The first-order valence-corrected chi connectivity index (χ1v) is 15.6. The van der Waals surface area contributed by atoms with Gasteiger partial charge in [0.1, 0.15) is 11.0 Å². The summed E-state index contributed by atoms with van der Waals surface area (Å²) in [6.07, 6.45) is 1.87. The molecule has 3 aromatic rings. The number of aromatic nitrogens is 2. The highest BCUT2D eigenvalue weighted by molar-refractivity contribution is 7.99. The standard InChI is InChI=1S/C30H34Cl2N6O2S/c1-21-18-37(15-16-38(21)29(40)23-7-9-24(31)10-8-23)27-17-26(32)34-30(35-27)41-20-28(39)33-25-11-13-36(14-12-25)19-22-5-3-2-4-6-22/h2-10,17,21,25H,11-16,18-20H2,1H3,(H,33,39). The fraction of sp³-hybridized carbons (Fsp3) is 0.400. The number of hydrogen-bond donors (Lipinski definition) is 1. The number of nitrogens with zero attached hydrogens (tertiary/aromatic N) is 5. The van der Waals surface area contributed by atoms with Crippen molar-refractivity contribution in [1.29, 1.82) is 0 Å². The van der Waals surface area contributed by atoms with E-state index in [0.29, 0.717) is 46.3 Å². The van der Waals surface area contributed by atoms with Gasteiger partial charge in [-0.25, -0.2) is 9.97 Å². The van der Waals surface area contributed by atoms with Crippen molar-refractivity contribution < 1.29 is 9.59 Å². The van der Waals surface area contributed by atoms with Gasteiger partial charge in [0.05, 0.1) is 5.75 Å². The minimum absolute atomic E-state index is 0.0151. The predicted octanol–water partition coefficient (Wildman–Crippen LogP) is 5.01. The zero-order chi connectivity index (χ0) is 28.8. The third-order valence-corrected chi connectivity index (χ3v) is 8.79. The van der Waals surface area contributed by atoms with Crippen molar-refractivity contribution >= 4 is 52.6 Å². The number of piperazine rings is 1. The molecular formula is C30H34Cl2N6O2S. The number of thioether (sulfide) groups is 1. The summed E-state index contributed by atoms with van der Waals surface area (Å²) in [6.45, 7) is 6.67. The Morgan fingerprint density at radius 1 is 0.976 bits per heavy atom. The van der Waals surface area contributed by atoms with Gasteiger partial charge in [0.25, 0.3) is 5.91 Å². The molecule has 5 rings (SSSR count). The van der Waals surface area contributed by atoms with E-state index in [2.05, 4.69) is 49.4 Å². The highest BCUT2D eigenvalue weighted by Crippen LogP contribution is 2.25. The first kappa shape index (κ1) is 29.6. The molecule has 2 aromatic carbocycles. The summed E-state index contributed by atoms with van der Waals surface area (Å²) in [4.78, 5) is 41.2. The number of anilines is 1. The van der Waals surface area contributed by atoms with Gasteiger partial charge in [-0.3, -0.25) is 14.5 Å². The molecule has 1 N–H and O–H groups in total. The summed E-state index contributed by atoms with van der Waals surface area (Å²) in [5.74, 6) is 0.886. The highest BCUT2D eigenvalue weighted by atomic mass is 35.5. The van der Waals surface area contributed by atoms with Crippen molar-refractivity contribution in [2.45, 2.75) is 43.6 Å². The van der Waals surface area contributed by atoms with Crippen LogP contribution in [0.5, 0.6) is 0 Å². The molecule has 2 amide bonds. The Balaban J connectivity index is 1.09. The minimum atomic E-state index is -0.0262. The fourth-order valence-corrected chi connectivity index (χ4v) is 6.33. The number of carbonyl (C=O) groups excluding carboxylic acids is 2. The maximum Gasteiger partial charge on any atom is 0.254 e. The molecule has 2 saturated heterocycles. The summed E-state index contributed by atoms with van der Waals surface area (Å²) in [7, 11) is 0. The number of benzene rings is 2. The zero-order valence-corrected chi connectivity index (χ0v) is 25.3. The minimum Gasteiger partial charge on any atom is -0.353 e. The molecule has 1 unspecified atom stereocenters. The van der Waals surface area contributed by atoms with Crippen LogP contribution in [-0.2, 0) is 11.3 Å². The van der Waals surface area contributed by atoms with E-state index in [1.807, 2.05) is 17.9 Å². The summed E-state index contributed by atoms with van der Waals surface area (Å²) in [5.41, 5.74) is 1.93. The van der Waals surface area contributed by atoms with E-state index in [9.17, 15) is 9.59 Å². The number of carbonyl (C=O) groups is 2. The first-order chi connectivity index (χ1) is 19.8. The molecule has 3 heterocycles. The molecular weight excluding hydrogens is 579 g/mol. The lowest BCUT2D eigenvalue weighted by Gasteiger charge is -2.40. The van der Waals surface area contributed by atoms with Crippen molar-refractivity contribution in [3.05, 3.63) is 82.0 Å². The van der Waals surface area contributed by atoms with E-state index in [1.165, 1.54) is 17.3 Å². The third kappa shape index (κ3) is 8.13. The van der Waals surface area contributed by atoms with Gasteiger partial charge < -0.3 is 15.1 Å². The van der Waals surface area contributed by atoms with Crippen LogP contribution in [-0.4, -0.2) is 82.1 Å². The maximum atomic E-state index is 13.0. The van der Waals surface area contributed by atoms with Crippen molar-refractivity contribution in [2.24, 2.45) is 0 Å². The number of piperidine rings is 1. The lowest BCUT2D eigenvalue weighted by molar-refractivity contribution is -0.119. The zero-order valence-electron chi connectivity index (χ0n) is 23.0. The predicted molar refractivity (Wildman–Crippen MR) is 165 cm³/mol. The van der Waals surface area contributed by atoms with Gasteiger partial charge >= 0.3 is 0 Å². The highest BCUT2D eigenvalue weighted by Gasteiger charge is 2.29. The molecule has 41 heavy (non-hydrogen) atoms. The molecule has 0 saturated carbocycles. The number of amides is 2. The molecule has 216 valence electrons. The van der Waals surface area contributed by atoms with Crippen LogP contribution in [0.4, 0.5) is 5.82 Å². The quantitative estimate of drug-likeness (QED) is 0.218. The smallest absolute Gasteiger partial charge is 0.254 e. The van der Waals surface area contributed by atoms with E-state index in [-0.39, 0.29) is 29.7 Å². The molecule has 1 atom stereocenters. The van der Waals surface area contributed by atoms with Crippen molar-refractivity contribution in [2.75, 3.05) is 43.4 Å². The van der Waals surface area contributed by atoms with Crippen LogP contribution in [0.15, 0.2) is 65.8 Å². The molecule has 2 fully saturated rings. The van der Waals surface area contributed by atoms with Crippen LogP contribution in [0.2, 0.25) is 10.2 Å². The first-order valence-electron chi connectivity index (χ1n) is 13.9. The lowest BCUT2D eigenvalue weighted by atomic mass is 10.0. The van der Waals surface area contributed by atoms with Crippen molar-refractivity contribution in [3.63, 3.8) is 0 Å². The van der Waals surface area contributed by atoms with Crippen molar-refractivity contribution in [3.8, 4) is 0 Å². The molecule has 0 radical (unpaired) electrons.